The number of allylic oxidation sites excluding steroid dienone is 5. The fraction of sp³-hybridized carbons (Fsp3) is 0.636. The smallest absolute Gasteiger partial charge is 0.414 e. The van der Waals surface area contributed by atoms with Crippen molar-refractivity contribution in [3.05, 3.63) is 34.6 Å². The molecular formula is C22H30N2O3. The Morgan fingerprint density at radius 2 is 2.07 bits per heavy atom. The Kier molecular flexibility index (Phi) is 5.11. The number of hydrogen-bond donors (Lipinski definition) is 1. The summed E-state index contributed by atoms with van der Waals surface area (Å²) in [6, 6.07) is 0. The van der Waals surface area contributed by atoms with Gasteiger partial charge in [-0.2, -0.15) is 0 Å². The summed E-state index contributed by atoms with van der Waals surface area (Å²) < 4.78 is 5.49. The van der Waals surface area contributed by atoms with Crippen LogP contribution in [0, 0.1) is 11.8 Å². The lowest BCUT2D eigenvalue weighted by Gasteiger charge is -2.21. The number of carbonyl (C=O) groups excluding carboxylic acids is 2. The standard InChI is InChI=1S/C22H30N2O3/c1-14-9-17-7-3-5-16-6-4-8-20(16)21(17)11-18(10-14)24-13-19(27-22(24)26)12-23-15(2)25/h10-11,16,19-20H,3-9,12-13H2,1-2H3,(H,23,25)/t16?,19-,20?/m0/s1. The molecule has 146 valence electrons. The molecule has 0 aromatic rings. The van der Waals surface area contributed by atoms with E-state index in [1.807, 2.05) is 0 Å². The molecule has 1 N–H and O–H groups in total. The second kappa shape index (κ2) is 7.53. The molecule has 0 aromatic heterocycles. The van der Waals surface area contributed by atoms with E-state index in [-0.39, 0.29) is 18.1 Å². The summed E-state index contributed by atoms with van der Waals surface area (Å²) in [5, 5.41) is 2.75. The summed E-state index contributed by atoms with van der Waals surface area (Å²) in [5.41, 5.74) is 5.34. The van der Waals surface area contributed by atoms with E-state index in [1.54, 1.807) is 10.5 Å². The van der Waals surface area contributed by atoms with Gasteiger partial charge in [-0.05, 0) is 75.0 Å². The van der Waals surface area contributed by atoms with Crippen molar-refractivity contribution < 1.29 is 14.3 Å². The normalized spacial score (nSPS) is 30.7. The highest BCUT2D eigenvalue weighted by molar-refractivity contribution is 5.75. The average Bonchev–Trinajstić information content (AvgIpc) is 3.14. The molecule has 0 aromatic carbocycles. The molecule has 0 bridgehead atoms. The number of hydrogen-bond acceptors (Lipinski definition) is 3. The van der Waals surface area contributed by atoms with Crippen molar-refractivity contribution in [1.29, 1.82) is 0 Å². The van der Waals surface area contributed by atoms with Gasteiger partial charge in [-0.15, -0.1) is 0 Å². The van der Waals surface area contributed by atoms with Gasteiger partial charge >= 0.3 is 6.09 Å². The Morgan fingerprint density at radius 3 is 2.89 bits per heavy atom. The van der Waals surface area contributed by atoms with Crippen LogP contribution in [0.25, 0.3) is 0 Å². The Hall–Kier alpha value is -2.04. The van der Waals surface area contributed by atoms with Gasteiger partial charge in [0, 0.05) is 12.6 Å². The maximum atomic E-state index is 12.5. The molecule has 0 spiro atoms. The highest BCUT2D eigenvalue weighted by Crippen LogP contribution is 2.46. The highest BCUT2D eigenvalue weighted by atomic mass is 16.6. The topological polar surface area (TPSA) is 58.6 Å². The van der Waals surface area contributed by atoms with E-state index < -0.39 is 0 Å². The van der Waals surface area contributed by atoms with Gasteiger partial charge in [0.25, 0.3) is 0 Å². The molecule has 1 aliphatic heterocycles. The monoisotopic (exact) mass is 370 g/mol. The van der Waals surface area contributed by atoms with Gasteiger partial charge in [0.2, 0.25) is 5.91 Å². The molecule has 2 fully saturated rings. The minimum Gasteiger partial charge on any atom is -0.442 e. The molecule has 5 heteroatoms. The molecule has 1 saturated heterocycles. The van der Waals surface area contributed by atoms with Crippen LogP contribution in [0.5, 0.6) is 0 Å². The molecule has 3 atom stereocenters. The molecule has 2 amide bonds. The van der Waals surface area contributed by atoms with Gasteiger partial charge < -0.3 is 10.1 Å². The summed E-state index contributed by atoms with van der Waals surface area (Å²) in [7, 11) is 0. The van der Waals surface area contributed by atoms with Crippen molar-refractivity contribution in [2.45, 2.75) is 64.9 Å². The zero-order valence-corrected chi connectivity index (χ0v) is 16.4. The minimum atomic E-state index is -0.304. The van der Waals surface area contributed by atoms with E-state index in [9.17, 15) is 9.59 Å². The van der Waals surface area contributed by atoms with E-state index in [2.05, 4.69) is 24.4 Å². The summed E-state index contributed by atoms with van der Waals surface area (Å²) in [4.78, 5) is 25.4. The van der Waals surface area contributed by atoms with Crippen molar-refractivity contribution in [2.75, 3.05) is 13.1 Å². The zero-order valence-electron chi connectivity index (χ0n) is 16.4. The Bertz CT molecular complexity index is 734. The Labute approximate surface area is 161 Å². The number of nitrogens with one attached hydrogen (secondary N) is 1. The summed E-state index contributed by atoms with van der Waals surface area (Å²) in [5.74, 6) is 1.37. The average molecular weight is 370 g/mol. The van der Waals surface area contributed by atoms with Crippen LogP contribution in [0.1, 0.15) is 58.8 Å². The molecule has 4 aliphatic rings. The molecule has 1 heterocycles. The molecule has 27 heavy (non-hydrogen) atoms. The van der Waals surface area contributed by atoms with Crippen LogP contribution in [0.3, 0.4) is 0 Å². The second-order valence-electron chi connectivity index (χ2n) is 8.54. The number of cyclic esters (lactones) is 1. The van der Waals surface area contributed by atoms with E-state index in [0.29, 0.717) is 19.0 Å². The van der Waals surface area contributed by atoms with Crippen molar-refractivity contribution >= 4 is 12.0 Å². The van der Waals surface area contributed by atoms with Gasteiger partial charge in [-0.3, -0.25) is 9.69 Å². The molecule has 4 rings (SSSR count). The second-order valence-corrected chi connectivity index (χ2v) is 8.54. The van der Waals surface area contributed by atoms with Crippen molar-refractivity contribution in [3.8, 4) is 0 Å². The lowest BCUT2D eigenvalue weighted by molar-refractivity contribution is -0.119. The van der Waals surface area contributed by atoms with Crippen molar-refractivity contribution in [1.82, 2.24) is 10.2 Å². The number of fused-ring (bicyclic) bond motifs is 2. The first kappa shape index (κ1) is 18.3. The summed E-state index contributed by atoms with van der Waals surface area (Å²) in [6.45, 7) is 4.50. The predicted molar refractivity (Wildman–Crippen MR) is 104 cm³/mol. The van der Waals surface area contributed by atoms with Gasteiger partial charge in [0.15, 0.2) is 0 Å². The highest BCUT2D eigenvalue weighted by Gasteiger charge is 2.36. The largest absolute Gasteiger partial charge is 0.442 e. The maximum absolute atomic E-state index is 12.5. The third-order valence-corrected chi connectivity index (χ3v) is 6.47. The van der Waals surface area contributed by atoms with Gasteiger partial charge in [-0.1, -0.05) is 17.6 Å². The van der Waals surface area contributed by atoms with Crippen LogP contribution in [-0.2, 0) is 9.53 Å². The van der Waals surface area contributed by atoms with E-state index in [4.69, 9.17) is 4.74 Å². The lowest BCUT2D eigenvalue weighted by Crippen LogP contribution is -2.33. The first-order valence-corrected chi connectivity index (χ1v) is 10.3. The lowest BCUT2D eigenvalue weighted by atomic mass is 9.85. The molecule has 0 radical (unpaired) electrons. The molecular weight excluding hydrogens is 340 g/mol. The van der Waals surface area contributed by atoms with Crippen molar-refractivity contribution in [3.63, 3.8) is 0 Å². The van der Waals surface area contributed by atoms with Gasteiger partial charge in [-0.25, -0.2) is 4.79 Å². The number of rotatable bonds is 3. The predicted octanol–water partition coefficient (Wildman–Crippen LogP) is 4.07. The molecule has 1 saturated carbocycles. The van der Waals surface area contributed by atoms with Crippen LogP contribution in [0.2, 0.25) is 0 Å². The zero-order chi connectivity index (χ0) is 19.0. The Balaban J connectivity index is 1.60. The van der Waals surface area contributed by atoms with E-state index in [0.717, 1.165) is 18.0 Å². The van der Waals surface area contributed by atoms with Crippen LogP contribution in [0.15, 0.2) is 34.6 Å². The van der Waals surface area contributed by atoms with Crippen LogP contribution < -0.4 is 5.32 Å². The molecule has 3 aliphatic carbocycles. The Morgan fingerprint density at radius 1 is 1.26 bits per heavy atom. The quantitative estimate of drug-likeness (QED) is 0.814. The summed E-state index contributed by atoms with van der Waals surface area (Å²) in [6.07, 6.45) is 12.6. The molecule has 2 unspecified atom stereocenters. The number of carbonyl (C=O) groups is 2. The minimum absolute atomic E-state index is 0.102. The van der Waals surface area contributed by atoms with Crippen LogP contribution in [-0.4, -0.2) is 36.1 Å². The fourth-order valence-electron chi connectivity index (χ4n) is 5.27. The first-order valence-electron chi connectivity index (χ1n) is 10.3. The van der Waals surface area contributed by atoms with Crippen molar-refractivity contribution in [2.24, 2.45) is 11.8 Å². The van der Waals surface area contributed by atoms with E-state index in [1.165, 1.54) is 56.6 Å². The number of ether oxygens (including phenoxy) is 1. The first-order chi connectivity index (χ1) is 13.0. The third-order valence-electron chi connectivity index (χ3n) is 6.47. The van der Waals surface area contributed by atoms with E-state index >= 15 is 0 Å². The molecule has 5 nitrogen and oxygen atoms in total. The number of amides is 2. The third kappa shape index (κ3) is 3.83. The number of nitrogens with zero attached hydrogens (tertiary/aromatic N) is 1. The maximum Gasteiger partial charge on any atom is 0.414 e. The summed E-state index contributed by atoms with van der Waals surface area (Å²) >= 11 is 0. The fourth-order valence-corrected chi connectivity index (χ4v) is 5.27. The van der Waals surface area contributed by atoms with Gasteiger partial charge in [0.05, 0.1) is 13.1 Å². The SMILES string of the molecule is CC(=O)NC[C@H]1CN(C2=CC3=C(CCCC4CCCC34)CC(C)=C2)C(=O)O1. The van der Waals surface area contributed by atoms with Crippen LogP contribution in [0.4, 0.5) is 4.79 Å². The van der Waals surface area contributed by atoms with Crippen LogP contribution >= 0.6 is 0 Å². The van der Waals surface area contributed by atoms with Gasteiger partial charge in [0.1, 0.15) is 6.10 Å².